The number of ether oxygens (including phenoxy) is 3. The Balaban J connectivity index is 1.55. The van der Waals surface area contributed by atoms with Crippen LogP contribution in [0.15, 0.2) is 72.8 Å². The Morgan fingerprint density at radius 1 is 0.435 bits per heavy atom. The minimum absolute atomic E-state index is 0.0558. The Bertz CT molecular complexity index is 1910. The molecule has 0 N–H and O–H groups in total. The van der Waals surface area contributed by atoms with E-state index in [1.165, 1.54) is 44.2 Å². The number of rotatable bonds is 23. The smallest absolute Gasteiger partial charge is 0.460 e. The third-order valence-corrected chi connectivity index (χ3v) is 9.31. The van der Waals surface area contributed by atoms with Gasteiger partial charge in [0.25, 0.3) is 0 Å². The van der Waals surface area contributed by atoms with Crippen LogP contribution in [0.2, 0.25) is 0 Å². The molecule has 0 aliphatic heterocycles. The lowest BCUT2D eigenvalue weighted by atomic mass is 9.88. The van der Waals surface area contributed by atoms with E-state index < -0.39 is 78.2 Å². The quantitative estimate of drug-likeness (QED) is 0.0410. The van der Waals surface area contributed by atoms with Crippen LogP contribution in [-0.4, -0.2) is 72.8 Å². The van der Waals surface area contributed by atoms with Crippen LogP contribution in [0.5, 0.6) is 11.5 Å². The van der Waals surface area contributed by atoms with Crippen LogP contribution in [0, 0.1) is 0 Å². The molecule has 0 fully saturated rings. The molecule has 0 aliphatic rings. The molecule has 0 unspecified atom stereocenters. The topological polar surface area (TPSA) is 61.8 Å². The second-order valence-corrected chi connectivity index (χ2v) is 13.9. The van der Waals surface area contributed by atoms with E-state index in [0.717, 1.165) is 54.7 Å². The highest BCUT2D eigenvalue weighted by molar-refractivity contribution is 5.92. The zero-order valence-electron chi connectivity index (χ0n) is 32.2. The maximum Gasteiger partial charge on any atom is 0.460 e. The molecule has 346 valence electrons. The van der Waals surface area contributed by atoms with E-state index in [2.05, 4.69) is 11.7 Å². The van der Waals surface area contributed by atoms with Gasteiger partial charge in [0.1, 0.15) is 11.5 Å². The molecule has 0 aromatic heterocycles. The Hall–Kier alpha value is -4.79. The maximum absolute atomic E-state index is 14.2. The van der Waals surface area contributed by atoms with Crippen molar-refractivity contribution in [2.45, 2.75) is 112 Å². The third-order valence-electron chi connectivity index (χ3n) is 9.31. The number of hydrogen-bond acceptors (Lipinski definition) is 5. The van der Waals surface area contributed by atoms with Gasteiger partial charge < -0.3 is 14.2 Å². The molecule has 62 heavy (non-hydrogen) atoms. The van der Waals surface area contributed by atoms with Gasteiger partial charge in [-0.25, -0.2) is 9.59 Å². The van der Waals surface area contributed by atoms with Crippen molar-refractivity contribution >= 4 is 11.9 Å². The second kappa shape index (κ2) is 19.7. The van der Waals surface area contributed by atoms with Crippen LogP contribution in [0.25, 0.3) is 11.1 Å². The van der Waals surface area contributed by atoms with Crippen LogP contribution < -0.4 is 9.47 Å². The summed E-state index contributed by atoms with van der Waals surface area (Å²) in [5.41, 5.74) is 0.956. The summed E-state index contributed by atoms with van der Waals surface area (Å²) >= 11 is 0. The van der Waals surface area contributed by atoms with Gasteiger partial charge in [-0.05, 0) is 66.1 Å². The normalized spacial score (nSPS) is 13.5. The fourth-order valence-corrected chi connectivity index (χ4v) is 5.50. The monoisotopic (exact) mass is 920 g/mol. The molecule has 0 radical (unpaired) electrons. The molecule has 5 nitrogen and oxygen atoms in total. The van der Waals surface area contributed by atoms with E-state index in [1.807, 2.05) is 12.1 Å². The summed E-state index contributed by atoms with van der Waals surface area (Å²) in [7, 11) is 0. The number of benzene rings is 3. The van der Waals surface area contributed by atoms with Crippen LogP contribution in [0.3, 0.4) is 0 Å². The number of hydrogen-bond donors (Lipinski definition) is 0. The number of unbranched alkanes of at least 4 members (excludes halogenated alkanes) is 7. The first-order valence-electron chi connectivity index (χ1n) is 18.5. The van der Waals surface area contributed by atoms with Crippen molar-refractivity contribution in [3.63, 3.8) is 0 Å². The summed E-state index contributed by atoms with van der Waals surface area (Å²) in [6.07, 6.45) is -1.48. The van der Waals surface area contributed by atoms with E-state index >= 15 is 0 Å². The summed E-state index contributed by atoms with van der Waals surface area (Å²) in [6.45, 7) is 0.643. The van der Waals surface area contributed by atoms with Crippen LogP contribution in [0.1, 0.15) is 85.4 Å². The highest BCUT2D eigenvalue weighted by Gasteiger charge is 2.95. The van der Waals surface area contributed by atoms with E-state index in [1.54, 1.807) is 24.3 Å². The van der Waals surface area contributed by atoms with Gasteiger partial charge in [0.2, 0.25) is 0 Å². The predicted molar refractivity (Wildman–Crippen MR) is 187 cm³/mol. The van der Waals surface area contributed by atoms with Gasteiger partial charge in [0, 0.05) is 0 Å². The van der Waals surface area contributed by atoms with Crippen molar-refractivity contribution in [1.82, 2.24) is 0 Å². The van der Waals surface area contributed by atoms with Crippen molar-refractivity contribution in [2.75, 3.05) is 13.2 Å². The SMILES string of the molecule is CCCCCCCCCCOc1ccc(-c2ccc(C(=O)Oc3ccc(C(=O)OCCC(F)(F)C(F)(F)C(F)(F)C(F)(F)C(F)(F)C(F)(F)C(F)(F)C(F)(F)F)cc3)cc2)cc1. The summed E-state index contributed by atoms with van der Waals surface area (Å²) in [5.74, 6) is -59.5. The molecule has 0 aliphatic carbocycles. The Morgan fingerprint density at radius 3 is 1.31 bits per heavy atom. The van der Waals surface area contributed by atoms with Gasteiger partial charge in [0.05, 0.1) is 30.8 Å². The van der Waals surface area contributed by atoms with Gasteiger partial charge in [-0.3, -0.25) is 0 Å². The van der Waals surface area contributed by atoms with Gasteiger partial charge in [-0.2, -0.15) is 74.6 Å². The van der Waals surface area contributed by atoms with Crippen molar-refractivity contribution < 1.29 is 98.4 Å². The van der Waals surface area contributed by atoms with E-state index in [0.29, 0.717) is 12.4 Å². The predicted octanol–water partition coefficient (Wildman–Crippen LogP) is 13.6. The largest absolute Gasteiger partial charge is 0.494 e. The fraction of sp³-hybridized carbons (Fsp3) is 0.500. The lowest BCUT2D eigenvalue weighted by molar-refractivity contribution is -0.461. The zero-order chi connectivity index (χ0) is 47.0. The summed E-state index contributed by atoms with van der Waals surface area (Å²) < 4.78 is 244. The second-order valence-electron chi connectivity index (χ2n) is 13.9. The highest BCUT2D eigenvalue weighted by Crippen LogP contribution is 2.64. The van der Waals surface area contributed by atoms with Gasteiger partial charge in [0.15, 0.2) is 0 Å². The lowest BCUT2D eigenvalue weighted by Crippen LogP contribution is -2.74. The summed E-state index contributed by atoms with van der Waals surface area (Å²) in [5, 5.41) is 0. The van der Waals surface area contributed by atoms with Gasteiger partial charge in [-0.15, -0.1) is 0 Å². The average molecular weight is 921 g/mol. The average Bonchev–Trinajstić information content (AvgIpc) is 3.19. The minimum atomic E-state index is -8.74. The highest BCUT2D eigenvalue weighted by atomic mass is 19.4. The minimum Gasteiger partial charge on any atom is -0.494 e. The Morgan fingerprint density at radius 2 is 0.823 bits per heavy atom. The van der Waals surface area contributed by atoms with Crippen LogP contribution in [-0.2, 0) is 4.74 Å². The Kier molecular flexibility index (Phi) is 16.4. The van der Waals surface area contributed by atoms with E-state index in [4.69, 9.17) is 9.47 Å². The van der Waals surface area contributed by atoms with Crippen molar-refractivity contribution in [2.24, 2.45) is 0 Å². The first kappa shape index (κ1) is 51.6. The molecule has 0 saturated heterocycles. The molecule has 0 heterocycles. The Labute approximate surface area is 342 Å². The molecule has 3 aromatic rings. The fourth-order valence-electron chi connectivity index (χ4n) is 5.50. The number of halogens is 17. The molecule has 0 bridgehead atoms. The standard InChI is InChI=1S/C40H37F17O5/c1-2-3-4-5-6-7-8-9-23-60-29-18-14-26(15-19-29)25-10-12-28(13-11-25)32(59)62-30-20-16-27(17-21-30)31(58)61-24-22-33(41,42)34(43,44)35(45,46)36(47,48)37(49,50)38(51,52)39(53,54)40(55,56)57/h10-21H,2-9,22-24H2,1H3. The number of carbonyl (C=O) groups excluding carboxylic acids is 2. The van der Waals surface area contributed by atoms with Crippen molar-refractivity contribution in [1.29, 1.82) is 0 Å². The first-order valence-corrected chi connectivity index (χ1v) is 18.5. The maximum atomic E-state index is 14.2. The number of esters is 2. The van der Waals surface area contributed by atoms with E-state index in [-0.39, 0.29) is 11.3 Å². The number of alkyl halides is 17. The molecule has 22 heteroatoms. The van der Waals surface area contributed by atoms with E-state index in [9.17, 15) is 84.2 Å². The molecule has 0 atom stereocenters. The summed E-state index contributed by atoms with van der Waals surface area (Å²) in [6, 6.07) is 16.8. The zero-order valence-corrected chi connectivity index (χ0v) is 32.2. The van der Waals surface area contributed by atoms with Crippen molar-refractivity contribution in [3.8, 4) is 22.6 Å². The molecule has 0 saturated carbocycles. The van der Waals surface area contributed by atoms with Gasteiger partial charge >= 0.3 is 59.6 Å². The number of carbonyl (C=O) groups is 2. The lowest BCUT2D eigenvalue weighted by Gasteiger charge is -2.42. The van der Waals surface area contributed by atoms with Crippen LogP contribution >= 0.6 is 0 Å². The molecular weight excluding hydrogens is 883 g/mol. The van der Waals surface area contributed by atoms with Gasteiger partial charge in [-0.1, -0.05) is 76.1 Å². The van der Waals surface area contributed by atoms with Crippen LogP contribution in [0.4, 0.5) is 74.6 Å². The molecule has 3 rings (SSSR count). The van der Waals surface area contributed by atoms with Crippen molar-refractivity contribution in [3.05, 3.63) is 83.9 Å². The first-order chi connectivity index (χ1) is 28.5. The molecular formula is C40H37F17O5. The third kappa shape index (κ3) is 10.9. The molecule has 3 aromatic carbocycles. The molecule has 0 amide bonds. The molecule has 0 spiro atoms. The summed E-state index contributed by atoms with van der Waals surface area (Å²) in [4.78, 5) is 24.9.